The van der Waals surface area contributed by atoms with Crippen LogP contribution in [-0.2, 0) is 9.84 Å². The molecule has 1 aromatic heterocycles. The number of rotatable bonds is 3. The number of hydrogen-bond donors (Lipinski definition) is 1. The van der Waals surface area contributed by atoms with E-state index in [2.05, 4.69) is 11.6 Å². The quantitative estimate of drug-likeness (QED) is 0.906. The van der Waals surface area contributed by atoms with Crippen molar-refractivity contribution in [2.45, 2.75) is 16.7 Å². The molecule has 2 aromatic rings. The summed E-state index contributed by atoms with van der Waals surface area (Å²) in [6.07, 6.45) is 3.10. The highest BCUT2D eigenvalue weighted by molar-refractivity contribution is 7.91. The summed E-state index contributed by atoms with van der Waals surface area (Å²) in [5.74, 6) is 0. The predicted octanol–water partition coefficient (Wildman–Crippen LogP) is 2.80. The molecule has 2 rings (SSSR count). The van der Waals surface area contributed by atoms with Gasteiger partial charge in [-0.3, -0.25) is 0 Å². The van der Waals surface area contributed by atoms with E-state index in [1.807, 2.05) is 6.92 Å². The van der Waals surface area contributed by atoms with Crippen molar-refractivity contribution in [3.05, 3.63) is 54.4 Å². The van der Waals surface area contributed by atoms with Gasteiger partial charge in [0.15, 0.2) is 0 Å². The van der Waals surface area contributed by atoms with Crippen LogP contribution in [0.15, 0.2) is 52.9 Å². The van der Waals surface area contributed by atoms with Gasteiger partial charge in [0.25, 0.3) is 0 Å². The van der Waals surface area contributed by atoms with E-state index in [1.54, 1.807) is 36.5 Å². The van der Waals surface area contributed by atoms with Gasteiger partial charge in [0, 0.05) is 6.20 Å². The Morgan fingerprint density at radius 3 is 2.41 bits per heavy atom. The van der Waals surface area contributed by atoms with Crippen LogP contribution < -0.4 is 0 Å². The number of nitrogens with one attached hydrogen (secondary N) is 1. The summed E-state index contributed by atoms with van der Waals surface area (Å²) in [6.45, 7) is 5.51. The number of hydrogen-bond acceptors (Lipinski definition) is 2. The van der Waals surface area contributed by atoms with Crippen molar-refractivity contribution in [2.24, 2.45) is 0 Å². The van der Waals surface area contributed by atoms with Crippen LogP contribution in [0.4, 0.5) is 0 Å². The Kier molecular flexibility index (Phi) is 2.90. The minimum Gasteiger partial charge on any atom is -0.361 e. The zero-order valence-electron chi connectivity index (χ0n) is 9.47. The van der Waals surface area contributed by atoms with Gasteiger partial charge in [-0.25, -0.2) is 8.42 Å². The maximum absolute atomic E-state index is 12.3. The van der Waals surface area contributed by atoms with E-state index in [9.17, 15) is 8.42 Å². The fourth-order valence-corrected chi connectivity index (χ4v) is 3.03. The molecule has 1 heterocycles. The summed E-state index contributed by atoms with van der Waals surface area (Å²) in [6, 6.07) is 8.35. The molecule has 0 saturated heterocycles. The highest BCUT2D eigenvalue weighted by Gasteiger charge is 2.20. The van der Waals surface area contributed by atoms with E-state index in [0.29, 0.717) is 10.6 Å². The summed E-state index contributed by atoms with van der Waals surface area (Å²) in [4.78, 5) is 3.40. The smallest absolute Gasteiger partial charge is 0.208 e. The molecule has 0 aliphatic carbocycles. The third-order valence-electron chi connectivity index (χ3n) is 2.56. The molecule has 0 aliphatic rings. The molecule has 1 N–H and O–H groups in total. The van der Waals surface area contributed by atoms with Crippen molar-refractivity contribution in [1.82, 2.24) is 4.98 Å². The summed E-state index contributed by atoms with van der Waals surface area (Å²) >= 11 is 0. The first kappa shape index (κ1) is 11.7. The Morgan fingerprint density at radius 2 is 1.82 bits per heavy atom. The molecule has 0 spiro atoms. The van der Waals surface area contributed by atoms with E-state index >= 15 is 0 Å². The standard InChI is InChI=1S/C13H13NO2S/c1-3-12-13(8-9-14-12)17(15,16)11-6-4-10(2)5-7-11/h3-9,14H,1H2,2H3. The SMILES string of the molecule is C=Cc1[nH]ccc1S(=O)(=O)c1ccc(C)cc1. The van der Waals surface area contributed by atoms with Crippen LogP contribution in [0, 0.1) is 6.92 Å². The molecule has 0 atom stereocenters. The second kappa shape index (κ2) is 4.22. The number of sulfone groups is 1. The maximum Gasteiger partial charge on any atom is 0.208 e. The van der Waals surface area contributed by atoms with Crippen LogP contribution in [-0.4, -0.2) is 13.4 Å². The lowest BCUT2D eigenvalue weighted by Crippen LogP contribution is -2.02. The molecular weight excluding hydrogens is 234 g/mol. The van der Waals surface area contributed by atoms with Crippen molar-refractivity contribution in [1.29, 1.82) is 0 Å². The molecule has 4 heteroatoms. The highest BCUT2D eigenvalue weighted by Crippen LogP contribution is 2.24. The molecule has 0 fully saturated rings. The molecular formula is C13H13NO2S. The first-order chi connectivity index (χ1) is 8.05. The Labute approximate surface area is 101 Å². The molecule has 0 amide bonds. The van der Waals surface area contributed by atoms with Crippen LogP contribution in [0.25, 0.3) is 6.08 Å². The van der Waals surface area contributed by atoms with Gasteiger partial charge in [-0.15, -0.1) is 0 Å². The minimum atomic E-state index is -3.46. The number of aromatic amines is 1. The molecule has 0 bridgehead atoms. The topological polar surface area (TPSA) is 49.9 Å². The third kappa shape index (κ3) is 2.03. The summed E-state index contributed by atoms with van der Waals surface area (Å²) in [5.41, 5.74) is 1.55. The highest BCUT2D eigenvalue weighted by atomic mass is 32.2. The second-order valence-corrected chi connectivity index (χ2v) is 5.69. The van der Waals surface area contributed by atoms with Crippen LogP contribution in [0.2, 0.25) is 0 Å². The number of aromatic nitrogens is 1. The average Bonchev–Trinajstić information content (AvgIpc) is 2.78. The molecule has 0 radical (unpaired) electrons. The fourth-order valence-electron chi connectivity index (χ4n) is 1.61. The number of H-pyrrole nitrogens is 1. The first-order valence-corrected chi connectivity index (χ1v) is 6.65. The number of benzene rings is 1. The van der Waals surface area contributed by atoms with Gasteiger partial charge < -0.3 is 4.98 Å². The zero-order chi connectivity index (χ0) is 12.5. The van der Waals surface area contributed by atoms with E-state index in [4.69, 9.17) is 0 Å². The van der Waals surface area contributed by atoms with Crippen molar-refractivity contribution < 1.29 is 8.42 Å². The van der Waals surface area contributed by atoms with Crippen LogP contribution in [0.5, 0.6) is 0 Å². The van der Waals surface area contributed by atoms with Gasteiger partial charge in [0.05, 0.1) is 15.5 Å². The second-order valence-electron chi connectivity index (χ2n) is 3.78. The van der Waals surface area contributed by atoms with Crippen LogP contribution in [0.1, 0.15) is 11.3 Å². The summed E-state index contributed by atoms with van der Waals surface area (Å²) in [5, 5.41) is 0. The first-order valence-electron chi connectivity index (χ1n) is 5.17. The fraction of sp³-hybridized carbons (Fsp3) is 0.0769. The molecule has 0 unspecified atom stereocenters. The van der Waals surface area contributed by atoms with E-state index < -0.39 is 9.84 Å². The van der Waals surface area contributed by atoms with Crippen LogP contribution in [0.3, 0.4) is 0 Å². The summed E-state index contributed by atoms with van der Waals surface area (Å²) < 4.78 is 24.6. The van der Waals surface area contributed by atoms with Gasteiger partial charge in [-0.1, -0.05) is 24.3 Å². The van der Waals surface area contributed by atoms with Crippen molar-refractivity contribution >= 4 is 15.9 Å². The Bertz CT molecular complexity index is 636. The van der Waals surface area contributed by atoms with E-state index in [1.165, 1.54) is 6.08 Å². The van der Waals surface area contributed by atoms with Gasteiger partial charge >= 0.3 is 0 Å². The minimum absolute atomic E-state index is 0.261. The van der Waals surface area contributed by atoms with Crippen molar-refractivity contribution in [3.8, 4) is 0 Å². The lowest BCUT2D eigenvalue weighted by Gasteiger charge is -2.04. The molecule has 3 nitrogen and oxygen atoms in total. The number of aryl methyl sites for hydroxylation is 1. The van der Waals surface area contributed by atoms with Crippen molar-refractivity contribution in [2.75, 3.05) is 0 Å². The van der Waals surface area contributed by atoms with Gasteiger partial charge in [0.2, 0.25) is 9.84 Å². The predicted molar refractivity (Wildman–Crippen MR) is 67.5 cm³/mol. The maximum atomic E-state index is 12.3. The summed E-state index contributed by atoms with van der Waals surface area (Å²) in [7, 11) is -3.46. The zero-order valence-corrected chi connectivity index (χ0v) is 10.3. The Hall–Kier alpha value is -1.81. The van der Waals surface area contributed by atoms with Crippen LogP contribution >= 0.6 is 0 Å². The van der Waals surface area contributed by atoms with Gasteiger partial charge in [-0.05, 0) is 31.2 Å². The van der Waals surface area contributed by atoms with Crippen molar-refractivity contribution in [3.63, 3.8) is 0 Å². The van der Waals surface area contributed by atoms with E-state index in [-0.39, 0.29) is 4.90 Å². The molecule has 0 saturated carbocycles. The monoisotopic (exact) mass is 247 g/mol. The molecule has 17 heavy (non-hydrogen) atoms. The average molecular weight is 247 g/mol. The molecule has 0 aliphatic heterocycles. The lowest BCUT2D eigenvalue weighted by molar-refractivity contribution is 0.596. The molecule has 1 aromatic carbocycles. The lowest BCUT2D eigenvalue weighted by atomic mass is 10.2. The molecule has 88 valence electrons. The third-order valence-corrected chi connectivity index (χ3v) is 4.39. The van der Waals surface area contributed by atoms with Gasteiger partial charge in [-0.2, -0.15) is 0 Å². The normalized spacial score (nSPS) is 11.4. The Morgan fingerprint density at radius 1 is 1.18 bits per heavy atom. The van der Waals surface area contributed by atoms with E-state index in [0.717, 1.165) is 5.56 Å². The van der Waals surface area contributed by atoms with Gasteiger partial charge in [0.1, 0.15) is 0 Å². The Balaban J connectivity index is 2.57. The largest absolute Gasteiger partial charge is 0.361 e.